The largest absolute Gasteiger partial charge is 0.335 e. The molecule has 1 aromatic carbocycles. The zero-order valence-electron chi connectivity index (χ0n) is 14.1. The van der Waals surface area contributed by atoms with Crippen molar-refractivity contribution >= 4 is 50.0 Å². The second-order valence-corrected chi connectivity index (χ2v) is 7.61. The van der Waals surface area contributed by atoms with E-state index in [1.807, 2.05) is 23.1 Å². The minimum absolute atomic E-state index is 0.0923. The highest BCUT2D eigenvalue weighted by molar-refractivity contribution is 7.22. The fraction of sp³-hybridized carbons (Fsp3) is 0.294. The van der Waals surface area contributed by atoms with Crippen molar-refractivity contribution in [3.8, 4) is 0 Å². The molecule has 0 unspecified atom stereocenters. The van der Waals surface area contributed by atoms with Gasteiger partial charge in [-0.3, -0.25) is 9.78 Å². The molecule has 1 amide bonds. The number of piperazine rings is 1. The van der Waals surface area contributed by atoms with Gasteiger partial charge in [0, 0.05) is 31.2 Å². The molecular formula is C17H17ClN6OS. The van der Waals surface area contributed by atoms with Gasteiger partial charge in [0.15, 0.2) is 10.9 Å². The van der Waals surface area contributed by atoms with Crippen LogP contribution in [0.2, 0.25) is 5.02 Å². The molecule has 0 radical (unpaired) electrons. The number of amides is 1. The number of hydrogen-bond acceptors (Lipinski definition) is 7. The Morgan fingerprint density at radius 2 is 2.00 bits per heavy atom. The highest BCUT2D eigenvalue weighted by atomic mass is 35.5. The van der Waals surface area contributed by atoms with Crippen LogP contribution >= 0.6 is 22.9 Å². The average Bonchev–Trinajstić information content (AvgIpc) is 3.03. The maximum atomic E-state index is 12.6. The van der Waals surface area contributed by atoms with Crippen LogP contribution in [0.15, 0.2) is 30.6 Å². The number of rotatable bonds is 3. The number of carbonyl (C=O) groups is 1. The van der Waals surface area contributed by atoms with Crippen LogP contribution in [-0.2, 0) is 0 Å². The predicted molar refractivity (Wildman–Crippen MR) is 103 cm³/mol. The molecule has 1 saturated heterocycles. The van der Waals surface area contributed by atoms with E-state index in [1.54, 1.807) is 6.20 Å². The summed E-state index contributed by atoms with van der Waals surface area (Å²) in [6.45, 7) is 3.14. The lowest BCUT2D eigenvalue weighted by molar-refractivity contribution is 0.0658. The molecule has 0 saturated carbocycles. The lowest BCUT2D eigenvalue weighted by Gasteiger charge is -2.32. The van der Waals surface area contributed by atoms with E-state index in [0.717, 1.165) is 23.3 Å². The molecule has 1 fully saturated rings. The van der Waals surface area contributed by atoms with Crippen LogP contribution in [0.4, 0.5) is 10.9 Å². The SMILES string of the molecule is CN1CCN(C(=O)c2cncc(Nc3nc4ccc(Cl)cc4s3)n2)CC1. The van der Waals surface area contributed by atoms with Crippen molar-refractivity contribution in [3.05, 3.63) is 41.3 Å². The van der Waals surface area contributed by atoms with Crippen LogP contribution in [0.25, 0.3) is 10.2 Å². The molecule has 1 N–H and O–H groups in total. The minimum Gasteiger partial charge on any atom is -0.335 e. The molecular weight excluding hydrogens is 372 g/mol. The molecule has 3 aromatic rings. The van der Waals surface area contributed by atoms with Gasteiger partial charge in [-0.1, -0.05) is 22.9 Å². The van der Waals surface area contributed by atoms with E-state index in [4.69, 9.17) is 11.6 Å². The van der Waals surface area contributed by atoms with Gasteiger partial charge in [0.05, 0.1) is 22.6 Å². The van der Waals surface area contributed by atoms with Crippen molar-refractivity contribution in [2.24, 2.45) is 0 Å². The van der Waals surface area contributed by atoms with E-state index in [9.17, 15) is 4.79 Å². The van der Waals surface area contributed by atoms with Gasteiger partial charge >= 0.3 is 0 Å². The first-order valence-electron chi connectivity index (χ1n) is 8.21. The summed E-state index contributed by atoms with van der Waals surface area (Å²) >= 11 is 7.49. The van der Waals surface area contributed by atoms with Crippen molar-refractivity contribution in [2.45, 2.75) is 0 Å². The van der Waals surface area contributed by atoms with Crippen LogP contribution in [0.5, 0.6) is 0 Å². The summed E-state index contributed by atoms with van der Waals surface area (Å²) in [5.41, 5.74) is 1.20. The smallest absolute Gasteiger partial charge is 0.274 e. The van der Waals surface area contributed by atoms with Gasteiger partial charge < -0.3 is 15.1 Å². The van der Waals surface area contributed by atoms with Crippen molar-refractivity contribution in [2.75, 3.05) is 38.5 Å². The highest BCUT2D eigenvalue weighted by Crippen LogP contribution is 2.29. The Morgan fingerprint density at radius 1 is 1.19 bits per heavy atom. The number of thiazole rings is 1. The molecule has 4 rings (SSSR count). The molecule has 134 valence electrons. The van der Waals surface area contributed by atoms with Crippen LogP contribution < -0.4 is 5.32 Å². The van der Waals surface area contributed by atoms with Gasteiger partial charge in [0.2, 0.25) is 0 Å². The Hall–Kier alpha value is -2.29. The standard InChI is InChI=1S/C17H17ClN6OS/c1-23-4-6-24(7-5-23)16(25)13-9-19-10-15(20-13)22-17-21-12-3-2-11(18)8-14(12)26-17/h2-3,8-10H,4-7H2,1H3,(H,20,21,22). The lowest BCUT2D eigenvalue weighted by Crippen LogP contribution is -2.47. The Morgan fingerprint density at radius 3 is 2.81 bits per heavy atom. The van der Waals surface area contributed by atoms with Crippen LogP contribution in [0.3, 0.4) is 0 Å². The van der Waals surface area contributed by atoms with Crippen LogP contribution in [0.1, 0.15) is 10.5 Å². The molecule has 3 heterocycles. The third-order valence-corrected chi connectivity index (χ3v) is 5.40. The molecule has 2 aromatic heterocycles. The maximum absolute atomic E-state index is 12.6. The molecule has 7 nitrogen and oxygen atoms in total. The minimum atomic E-state index is -0.0923. The van der Waals surface area contributed by atoms with E-state index < -0.39 is 0 Å². The van der Waals surface area contributed by atoms with E-state index in [-0.39, 0.29) is 5.91 Å². The Bertz CT molecular complexity index is 953. The quantitative estimate of drug-likeness (QED) is 0.743. The second-order valence-electron chi connectivity index (χ2n) is 6.14. The second kappa shape index (κ2) is 7.14. The lowest BCUT2D eigenvalue weighted by atomic mass is 10.3. The summed E-state index contributed by atoms with van der Waals surface area (Å²) in [7, 11) is 2.05. The van der Waals surface area contributed by atoms with Gasteiger partial charge in [-0.15, -0.1) is 0 Å². The van der Waals surface area contributed by atoms with Gasteiger partial charge in [-0.2, -0.15) is 0 Å². The topological polar surface area (TPSA) is 74.2 Å². The number of anilines is 2. The first kappa shape index (κ1) is 17.1. The molecule has 0 aliphatic carbocycles. The summed E-state index contributed by atoms with van der Waals surface area (Å²) < 4.78 is 0.984. The van der Waals surface area contributed by atoms with Gasteiger partial charge in [0.1, 0.15) is 5.69 Å². The number of benzene rings is 1. The zero-order chi connectivity index (χ0) is 18.1. The first-order chi connectivity index (χ1) is 12.6. The van der Waals surface area contributed by atoms with Gasteiger partial charge in [0.25, 0.3) is 5.91 Å². The monoisotopic (exact) mass is 388 g/mol. The van der Waals surface area contributed by atoms with Crippen LogP contribution in [0, 0.1) is 0 Å². The summed E-state index contributed by atoms with van der Waals surface area (Å²) in [6, 6.07) is 5.56. The third kappa shape index (κ3) is 3.62. The van der Waals surface area contributed by atoms with Crippen molar-refractivity contribution in [1.29, 1.82) is 0 Å². The van der Waals surface area contributed by atoms with Crippen molar-refractivity contribution < 1.29 is 4.79 Å². The number of nitrogens with one attached hydrogen (secondary N) is 1. The van der Waals surface area contributed by atoms with E-state index in [2.05, 4.69) is 32.2 Å². The summed E-state index contributed by atoms with van der Waals surface area (Å²) in [5, 5.41) is 4.48. The Labute approximate surface area is 159 Å². The molecule has 0 atom stereocenters. The first-order valence-corrected chi connectivity index (χ1v) is 9.41. The Balaban J connectivity index is 1.52. The predicted octanol–water partition coefficient (Wildman–Crippen LogP) is 2.87. The molecule has 26 heavy (non-hydrogen) atoms. The number of hydrogen-bond donors (Lipinski definition) is 1. The molecule has 9 heteroatoms. The maximum Gasteiger partial charge on any atom is 0.274 e. The molecule has 1 aliphatic rings. The number of aromatic nitrogens is 3. The number of carbonyl (C=O) groups excluding carboxylic acids is 1. The Kier molecular flexibility index (Phi) is 4.71. The number of nitrogens with zero attached hydrogens (tertiary/aromatic N) is 5. The van der Waals surface area contributed by atoms with Crippen LogP contribution in [-0.4, -0.2) is 63.9 Å². The number of halogens is 1. The fourth-order valence-electron chi connectivity index (χ4n) is 2.76. The highest BCUT2D eigenvalue weighted by Gasteiger charge is 2.22. The fourth-order valence-corrected chi connectivity index (χ4v) is 3.91. The average molecular weight is 389 g/mol. The molecule has 1 aliphatic heterocycles. The van der Waals surface area contributed by atoms with Crippen molar-refractivity contribution in [1.82, 2.24) is 24.8 Å². The number of fused-ring (bicyclic) bond motifs is 1. The normalized spacial score (nSPS) is 15.4. The summed E-state index contributed by atoms with van der Waals surface area (Å²) in [5.74, 6) is 0.403. The molecule has 0 spiro atoms. The number of likely N-dealkylation sites (N-methyl/N-ethyl adjacent to an activating group) is 1. The van der Waals surface area contributed by atoms with E-state index >= 15 is 0 Å². The van der Waals surface area contributed by atoms with E-state index in [1.165, 1.54) is 17.5 Å². The van der Waals surface area contributed by atoms with Crippen molar-refractivity contribution in [3.63, 3.8) is 0 Å². The zero-order valence-corrected chi connectivity index (χ0v) is 15.7. The summed E-state index contributed by atoms with van der Waals surface area (Å²) in [4.78, 5) is 29.7. The van der Waals surface area contributed by atoms with E-state index in [0.29, 0.717) is 34.8 Å². The summed E-state index contributed by atoms with van der Waals surface area (Å²) in [6.07, 6.45) is 3.09. The molecule has 0 bridgehead atoms. The third-order valence-electron chi connectivity index (χ3n) is 4.23. The van der Waals surface area contributed by atoms with Gasteiger partial charge in [-0.05, 0) is 25.2 Å². The van der Waals surface area contributed by atoms with Gasteiger partial charge in [-0.25, -0.2) is 9.97 Å².